The molecule has 19 heavy (non-hydrogen) atoms. The molecule has 7 nitrogen and oxygen atoms in total. The molecule has 2 N–H and O–H groups in total. The second kappa shape index (κ2) is 4.95. The van der Waals surface area contributed by atoms with E-state index in [0.717, 1.165) is 6.42 Å². The summed E-state index contributed by atoms with van der Waals surface area (Å²) in [4.78, 5) is 13.8. The molecule has 1 aromatic heterocycles. The van der Waals surface area contributed by atoms with Gasteiger partial charge in [0.1, 0.15) is 10.6 Å². The van der Waals surface area contributed by atoms with Crippen molar-refractivity contribution in [1.82, 2.24) is 9.47 Å². The first kappa shape index (κ1) is 14.0. The Bertz CT molecular complexity index is 587. The van der Waals surface area contributed by atoms with Crippen LogP contribution in [-0.4, -0.2) is 50.1 Å². The topological polar surface area (TPSA) is 94.6 Å². The van der Waals surface area contributed by atoms with Crippen molar-refractivity contribution in [2.24, 2.45) is 12.2 Å². The maximum atomic E-state index is 12.3. The first-order chi connectivity index (χ1) is 8.80. The third-order valence-corrected chi connectivity index (χ3v) is 4.18. The van der Waals surface area contributed by atoms with Crippen LogP contribution in [0.3, 0.4) is 0 Å². The zero-order valence-corrected chi connectivity index (χ0v) is 11.7. The van der Waals surface area contributed by atoms with E-state index in [1.54, 1.807) is 19.0 Å². The van der Waals surface area contributed by atoms with Gasteiger partial charge in [0.15, 0.2) is 0 Å². The zero-order chi connectivity index (χ0) is 14.2. The van der Waals surface area contributed by atoms with Crippen LogP contribution >= 0.6 is 0 Å². The summed E-state index contributed by atoms with van der Waals surface area (Å²) in [6.07, 6.45) is 2.12. The molecule has 1 unspecified atom stereocenters. The van der Waals surface area contributed by atoms with E-state index in [2.05, 4.69) is 0 Å². The summed E-state index contributed by atoms with van der Waals surface area (Å²) in [6.45, 7) is 1.15. The fraction of sp³-hybridized carbons (Fsp3) is 0.545. The van der Waals surface area contributed by atoms with Crippen molar-refractivity contribution in [2.75, 3.05) is 20.3 Å². The quantitative estimate of drug-likeness (QED) is 0.813. The minimum Gasteiger partial charge on any atom is -0.379 e. The Balaban J connectivity index is 2.26. The molecule has 8 heteroatoms. The summed E-state index contributed by atoms with van der Waals surface area (Å²) in [7, 11) is -0.501. The van der Waals surface area contributed by atoms with Crippen molar-refractivity contribution in [3.8, 4) is 0 Å². The molecule has 1 atom stereocenters. The normalized spacial score (nSPS) is 19.6. The monoisotopic (exact) mass is 287 g/mol. The lowest BCUT2D eigenvalue weighted by Crippen LogP contribution is -2.38. The van der Waals surface area contributed by atoms with E-state index in [1.807, 2.05) is 0 Å². The van der Waals surface area contributed by atoms with Crippen LogP contribution < -0.4 is 5.14 Å². The molecule has 1 aromatic rings. The number of primary sulfonamides is 1. The number of nitrogens with two attached hydrogens (primary N) is 1. The Kier molecular flexibility index (Phi) is 3.66. The number of hydrogen-bond acceptors (Lipinski definition) is 4. The Hall–Kier alpha value is -1.38. The van der Waals surface area contributed by atoms with Gasteiger partial charge in [-0.05, 0) is 12.5 Å². The number of hydrogen-bond donors (Lipinski definition) is 1. The average Bonchev–Trinajstić information content (AvgIpc) is 2.94. The Morgan fingerprint density at radius 1 is 1.58 bits per heavy atom. The molecule has 0 bridgehead atoms. The Morgan fingerprint density at radius 3 is 2.74 bits per heavy atom. The Morgan fingerprint density at radius 2 is 2.26 bits per heavy atom. The van der Waals surface area contributed by atoms with Crippen molar-refractivity contribution in [1.29, 1.82) is 0 Å². The molecule has 1 aliphatic heterocycles. The maximum absolute atomic E-state index is 12.3. The molecule has 1 saturated heterocycles. The van der Waals surface area contributed by atoms with E-state index >= 15 is 0 Å². The molecule has 2 heterocycles. The highest BCUT2D eigenvalue weighted by Gasteiger charge is 2.27. The van der Waals surface area contributed by atoms with Crippen LogP contribution in [0.2, 0.25) is 0 Å². The van der Waals surface area contributed by atoms with Crippen LogP contribution in [0.15, 0.2) is 17.2 Å². The van der Waals surface area contributed by atoms with Crippen molar-refractivity contribution in [3.05, 3.63) is 18.0 Å². The van der Waals surface area contributed by atoms with Gasteiger partial charge >= 0.3 is 0 Å². The largest absolute Gasteiger partial charge is 0.379 e. The second-order valence-electron chi connectivity index (χ2n) is 4.65. The minimum atomic E-state index is -3.80. The predicted octanol–water partition coefficient (Wildman–Crippen LogP) is -0.467. The average molecular weight is 287 g/mol. The molecule has 0 radical (unpaired) electrons. The zero-order valence-electron chi connectivity index (χ0n) is 10.9. The van der Waals surface area contributed by atoms with Gasteiger partial charge in [-0.25, -0.2) is 13.6 Å². The van der Waals surface area contributed by atoms with Gasteiger partial charge in [0.05, 0.1) is 12.6 Å². The van der Waals surface area contributed by atoms with Gasteiger partial charge in [0.2, 0.25) is 10.0 Å². The second-order valence-corrected chi connectivity index (χ2v) is 6.21. The third-order valence-electron chi connectivity index (χ3n) is 3.30. The smallest absolute Gasteiger partial charge is 0.270 e. The lowest BCUT2D eigenvalue weighted by molar-refractivity contribution is 0.0702. The molecule has 1 aliphatic rings. The standard InChI is InChI=1S/C11H17N3O4S/c1-13-6-9(19(12,16)17)5-10(13)11(15)14(2)8-3-4-18-7-8/h5-6,8H,3-4,7H2,1-2H3,(H2,12,16,17). The Labute approximate surface area is 112 Å². The summed E-state index contributed by atoms with van der Waals surface area (Å²) in [5.41, 5.74) is 0.290. The third kappa shape index (κ3) is 2.80. The van der Waals surface area contributed by atoms with Crippen LogP contribution in [-0.2, 0) is 21.8 Å². The van der Waals surface area contributed by atoms with Crippen molar-refractivity contribution in [2.45, 2.75) is 17.4 Å². The molecule has 1 fully saturated rings. The van der Waals surface area contributed by atoms with Gasteiger partial charge in [-0.3, -0.25) is 4.79 Å². The van der Waals surface area contributed by atoms with Gasteiger partial charge < -0.3 is 14.2 Å². The fourth-order valence-electron chi connectivity index (χ4n) is 2.08. The number of ether oxygens (including phenoxy) is 1. The minimum absolute atomic E-state index is 0.0281. The fourth-order valence-corrected chi connectivity index (χ4v) is 2.66. The number of likely N-dealkylation sites (N-methyl/N-ethyl adjacent to an activating group) is 1. The van der Waals surface area contributed by atoms with E-state index in [1.165, 1.54) is 16.8 Å². The van der Waals surface area contributed by atoms with Gasteiger partial charge in [-0.2, -0.15) is 0 Å². The van der Waals surface area contributed by atoms with Crippen molar-refractivity contribution in [3.63, 3.8) is 0 Å². The predicted molar refractivity (Wildman–Crippen MR) is 68.1 cm³/mol. The van der Waals surface area contributed by atoms with E-state index in [-0.39, 0.29) is 16.8 Å². The van der Waals surface area contributed by atoms with Gasteiger partial charge in [0.25, 0.3) is 5.91 Å². The lowest BCUT2D eigenvalue weighted by Gasteiger charge is -2.23. The van der Waals surface area contributed by atoms with Gasteiger partial charge in [0, 0.05) is 26.9 Å². The highest BCUT2D eigenvalue weighted by Crippen LogP contribution is 2.17. The van der Waals surface area contributed by atoms with E-state index in [9.17, 15) is 13.2 Å². The molecule has 2 rings (SSSR count). The highest BCUT2D eigenvalue weighted by molar-refractivity contribution is 7.89. The van der Waals surface area contributed by atoms with Crippen LogP contribution in [0.5, 0.6) is 0 Å². The van der Waals surface area contributed by atoms with E-state index in [0.29, 0.717) is 18.9 Å². The first-order valence-electron chi connectivity index (χ1n) is 5.85. The lowest BCUT2D eigenvalue weighted by atomic mass is 10.2. The highest BCUT2D eigenvalue weighted by atomic mass is 32.2. The summed E-state index contributed by atoms with van der Waals surface area (Å²) >= 11 is 0. The maximum Gasteiger partial charge on any atom is 0.270 e. The molecular formula is C11H17N3O4S. The first-order valence-corrected chi connectivity index (χ1v) is 7.39. The van der Waals surface area contributed by atoms with Crippen molar-refractivity contribution < 1.29 is 17.9 Å². The molecule has 106 valence electrons. The van der Waals surface area contributed by atoms with E-state index < -0.39 is 10.0 Å². The van der Waals surface area contributed by atoms with Gasteiger partial charge in [-0.1, -0.05) is 0 Å². The molecule has 0 aromatic carbocycles. The molecule has 1 amide bonds. The van der Waals surface area contributed by atoms with E-state index in [4.69, 9.17) is 9.88 Å². The number of rotatable bonds is 3. The summed E-state index contributed by atoms with van der Waals surface area (Å²) < 4.78 is 29.2. The SMILES string of the molecule is CN(C(=O)c1cc(S(N)(=O)=O)cn1C)C1CCOC1. The molecule has 0 aliphatic carbocycles. The van der Waals surface area contributed by atoms with Gasteiger partial charge in [-0.15, -0.1) is 0 Å². The summed E-state index contributed by atoms with van der Waals surface area (Å²) in [6, 6.07) is 1.32. The molecule has 0 saturated carbocycles. The molecule has 0 spiro atoms. The van der Waals surface area contributed by atoms with Crippen LogP contribution in [0.1, 0.15) is 16.9 Å². The number of carbonyl (C=O) groups excluding carboxylic acids is 1. The van der Waals surface area contributed by atoms with Crippen molar-refractivity contribution >= 4 is 15.9 Å². The molecular weight excluding hydrogens is 270 g/mol. The number of aromatic nitrogens is 1. The number of carbonyl (C=O) groups is 1. The number of nitrogens with zero attached hydrogens (tertiary/aromatic N) is 2. The summed E-state index contributed by atoms with van der Waals surface area (Å²) in [5.74, 6) is -0.243. The summed E-state index contributed by atoms with van der Waals surface area (Å²) in [5, 5.41) is 5.05. The number of sulfonamides is 1. The van der Waals surface area contributed by atoms with Crippen LogP contribution in [0.25, 0.3) is 0 Å². The van der Waals surface area contributed by atoms with Crippen LogP contribution in [0, 0.1) is 0 Å². The van der Waals surface area contributed by atoms with Crippen LogP contribution in [0.4, 0.5) is 0 Å². The number of amides is 1. The number of aryl methyl sites for hydroxylation is 1.